The molecule has 0 atom stereocenters. The van der Waals surface area contributed by atoms with E-state index < -0.39 is 24.3 Å². The SMILES string of the molecule is [2H]C([2H])([2H])c1cnc(-c2ccc3c4ccccc4c4ccccc4c3c2)cc1C1([2H])CCC(C)(C(F)(F)F)CC1. The molecule has 5 aromatic rings. The molecule has 0 unspecified atom stereocenters. The summed E-state index contributed by atoms with van der Waals surface area (Å²) in [6.07, 6.45) is -3.70. The van der Waals surface area contributed by atoms with E-state index in [9.17, 15) is 14.5 Å². The number of aromatic nitrogens is 1. The Balaban J connectivity index is 1.51. The van der Waals surface area contributed by atoms with Gasteiger partial charge in [-0.25, -0.2) is 0 Å². The van der Waals surface area contributed by atoms with Crippen molar-refractivity contribution in [3.63, 3.8) is 0 Å². The van der Waals surface area contributed by atoms with E-state index in [0.717, 1.165) is 37.9 Å². The van der Waals surface area contributed by atoms with Gasteiger partial charge in [0.05, 0.1) is 11.1 Å². The second kappa shape index (κ2) is 8.33. The van der Waals surface area contributed by atoms with Gasteiger partial charge in [0.25, 0.3) is 0 Å². The first-order chi connectivity index (χ1) is 18.8. The summed E-state index contributed by atoms with van der Waals surface area (Å²) in [5.74, 6) is -1.45. The summed E-state index contributed by atoms with van der Waals surface area (Å²) in [7, 11) is 0. The maximum absolute atomic E-state index is 13.7. The Labute approximate surface area is 214 Å². The number of nitrogens with zero attached hydrogens (tertiary/aromatic N) is 1. The smallest absolute Gasteiger partial charge is 0.256 e. The first-order valence-electron chi connectivity index (χ1n) is 14.2. The third kappa shape index (κ3) is 3.66. The van der Waals surface area contributed by atoms with Crippen molar-refractivity contribution in [2.45, 2.75) is 51.5 Å². The average molecular weight is 488 g/mol. The van der Waals surface area contributed by atoms with Crippen molar-refractivity contribution in [2.75, 3.05) is 0 Å². The summed E-state index contributed by atoms with van der Waals surface area (Å²) >= 11 is 0. The summed E-state index contributed by atoms with van der Waals surface area (Å²) in [5, 5.41) is 6.57. The van der Waals surface area contributed by atoms with E-state index >= 15 is 0 Å². The minimum atomic E-state index is -4.37. The van der Waals surface area contributed by atoms with Crippen LogP contribution in [0, 0.1) is 12.3 Å². The molecule has 0 N–H and O–H groups in total. The largest absolute Gasteiger partial charge is 0.394 e. The number of alkyl halides is 3. The van der Waals surface area contributed by atoms with Gasteiger partial charge in [-0.2, -0.15) is 13.2 Å². The topological polar surface area (TPSA) is 12.9 Å². The Hall–Kier alpha value is -3.40. The lowest BCUT2D eigenvalue weighted by Crippen LogP contribution is -2.38. The fourth-order valence-corrected chi connectivity index (χ4v) is 5.63. The van der Waals surface area contributed by atoms with Crippen LogP contribution in [0.2, 0.25) is 0 Å². The second-order valence-corrected chi connectivity index (χ2v) is 10.1. The Morgan fingerprint density at radius 2 is 1.39 bits per heavy atom. The normalized spacial score (nSPS) is 24.9. The summed E-state index contributed by atoms with van der Waals surface area (Å²) in [6, 6.07) is 24.0. The van der Waals surface area contributed by atoms with Gasteiger partial charge in [0.15, 0.2) is 0 Å². The van der Waals surface area contributed by atoms with Crippen LogP contribution in [0.5, 0.6) is 0 Å². The van der Waals surface area contributed by atoms with Crippen molar-refractivity contribution >= 4 is 32.3 Å². The van der Waals surface area contributed by atoms with Crippen LogP contribution >= 0.6 is 0 Å². The lowest BCUT2D eigenvalue weighted by atomic mass is 9.69. The molecule has 1 fully saturated rings. The number of benzene rings is 4. The Morgan fingerprint density at radius 1 is 0.833 bits per heavy atom. The first kappa shape index (κ1) is 18.8. The Bertz CT molecular complexity index is 1730. The van der Waals surface area contributed by atoms with Crippen molar-refractivity contribution in [3.8, 4) is 11.3 Å². The van der Waals surface area contributed by atoms with Gasteiger partial charge in [0, 0.05) is 17.2 Å². The molecule has 4 heteroatoms. The highest BCUT2D eigenvalue weighted by Gasteiger charge is 2.52. The summed E-state index contributed by atoms with van der Waals surface area (Å²) in [4.78, 5) is 4.50. The minimum absolute atomic E-state index is 0.0703. The molecule has 1 aliphatic carbocycles. The second-order valence-electron chi connectivity index (χ2n) is 10.1. The third-order valence-corrected chi connectivity index (χ3v) is 7.97. The van der Waals surface area contributed by atoms with E-state index in [1.54, 1.807) is 6.07 Å². The fourth-order valence-electron chi connectivity index (χ4n) is 5.63. The maximum Gasteiger partial charge on any atom is 0.394 e. The fraction of sp³-hybridized carbons (Fsp3) is 0.281. The molecule has 1 heterocycles. The van der Waals surface area contributed by atoms with Crippen molar-refractivity contribution in [3.05, 3.63) is 90.1 Å². The highest BCUT2D eigenvalue weighted by Crippen LogP contribution is 2.52. The van der Waals surface area contributed by atoms with Crippen molar-refractivity contribution in [2.24, 2.45) is 5.41 Å². The van der Waals surface area contributed by atoms with Crippen LogP contribution in [0.4, 0.5) is 13.2 Å². The maximum atomic E-state index is 13.7. The monoisotopic (exact) mass is 487 g/mol. The molecule has 6 rings (SSSR count). The van der Waals surface area contributed by atoms with Gasteiger partial charge < -0.3 is 0 Å². The molecular weight excluding hydrogens is 455 g/mol. The number of halogens is 3. The van der Waals surface area contributed by atoms with Crippen LogP contribution in [0.25, 0.3) is 43.6 Å². The van der Waals surface area contributed by atoms with Crippen LogP contribution < -0.4 is 0 Å². The van der Waals surface area contributed by atoms with Crippen LogP contribution in [0.15, 0.2) is 79.0 Å². The minimum Gasteiger partial charge on any atom is -0.256 e. The van der Waals surface area contributed by atoms with Gasteiger partial charge in [-0.15, -0.1) is 0 Å². The van der Waals surface area contributed by atoms with E-state index in [1.165, 1.54) is 13.1 Å². The highest BCUT2D eigenvalue weighted by atomic mass is 19.4. The van der Waals surface area contributed by atoms with Gasteiger partial charge in [0.1, 0.15) is 0 Å². The zero-order chi connectivity index (χ0) is 28.5. The van der Waals surface area contributed by atoms with Gasteiger partial charge in [0.2, 0.25) is 0 Å². The predicted molar refractivity (Wildman–Crippen MR) is 142 cm³/mol. The molecule has 0 bridgehead atoms. The van der Waals surface area contributed by atoms with Crippen LogP contribution in [0.1, 0.15) is 55.1 Å². The molecular formula is C32H28F3N. The Kier molecular flexibility index (Phi) is 4.35. The number of aryl methyl sites for hydroxylation is 1. The molecule has 1 saturated carbocycles. The molecule has 0 radical (unpaired) electrons. The van der Waals surface area contributed by atoms with E-state index in [0.29, 0.717) is 5.69 Å². The van der Waals surface area contributed by atoms with Crippen LogP contribution in [-0.2, 0) is 0 Å². The number of pyridine rings is 1. The standard InChI is InChI=1S/C32H28F3N/c1-20-19-36-30(18-28(20)21-13-15-31(2,16-14-21)32(33,34)35)22-11-12-27-25-9-4-3-7-23(25)24-8-5-6-10-26(24)29(27)17-22/h3-12,17-19,21H,13-16H2,1-2H3/i1D3,21D. The quantitative estimate of drug-likeness (QED) is 0.226. The van der Waals surface area contributed by atoms with Gasteiger partial charge in [-0.3, -0.25) is 4.98 Å². The van der Waals surface area contributed by atoms with Crippen molar-refractivity contribution < 1.29 is 18.7 Å². The lowest BCUT2D eigenvalue weighted by molar-refractivity contribution is -0.228. The first-order valence-corrected chi connectivity index (χ1v) is 12.2. The van der Waals surface area contributed by atoms with Gasteiger partial charge in [-0.1, -0.05) is 67.6 Å². The van der Waals surface area contributed by atoms with Crippen LogP contribution in [0.3, 0.4) is 0 Å². The lowest BCUT2D eigenvalue weighted by Gasteiger charge is -2.39. The molecule has 0 aliphatic heterocycles. The van der Waals surface area contributed by atoms with Crippen molar-refractivity contribution in [1.82, 2.24) is 4.98 Å². The molecule has 36 heavy (non-hydrogen) atoms. The predicted octanol–water partition coefficient (Wildman–Crippen LogP) is 9.74. The van der Waals surface area contributed by atoms with E-state index in [-0.39, 0.29) is 36.8 Å². The third-order valence-electron chi connectivity index (χ3n) is 7.97. The summed E-state index contributed by atoms with van der Waals surface area (Å²) in [6.45, 7) is -1.35. The van der Waals surface area contributed by atoms with E-state index in [1.807, 2.05) is 42.5 Å². The van der Waals surface area contributed by atoms with Crippen molar-refractivity contribution in [1.29, 1.82) is 0 Å². The molecule has 1 aromatic heterocycles. The van der Waals surface area contributed by atoms with Crippen LogP contribution in [-0.4, -0.2) is 11.2 Å². The number of fused-ring (bicyclic) bond motifs is 6. The molecule has 1 aliphatic rings. The molecule has 4 aromatic carbocycles. The molecule has 182 valence electrons. The van der Waals surface area contributed by atoms with Gasteiger partial charge >= 0.3 is 6.18 Å². The number of hydrogen-bond acceptors (Lipinski definition) is 1. The number of hydrogen-bond donors (Lipinski definition) is 0. The summed E-state index contributed by atoms with van der Waals surface area (Å²) in [5.41, 5.74) is -0.455. The molecule has 0 spiro atoms. The average Bonchev–Trinajstić information content (AvgIpc) is 2.93. The van der Waals surface area contributed by atoms with E-state index in [2.05, 4.69) is 29.2 Å². The zero-order valence-corrected chi connectivity index (χ0v) is 19.9. The zero-order valence-electron chi connectivity index (χ0n) is 23.9. The summed E-state index contributed by atoms with van der Waals surface area (Å²) < 4.78 is 74.6. The van der Waals surface area contributed by atoms with Gasteiger partial charge in [-0.05, 0) is 94.0 Å². The van der Waals surface area contributed by atoms with E-state index in [4.69, 9.17) is 4.11 Å². The number of rotatable bonds is 2. The highest BCUT2D eigenvalue weighted by molar-refractivity contribution is 6.25. The Morgan fingerprint density at radius 3 is 1.94 bits per heavy atom. The molecule has 0 saturated heterocycles. The molecule has 1 nitrogen and oxygen atoms in total. The molecule has 0 amide bonds.